The number of nitrogens with two attached hydrogens (primary N) is 1. The van der Waals surface area contributed by atoms with Gasteiger partial charge >= 0.3 is 0 Å². The molecule has 0 saturated heterocycles. The van der Waals surface area contributed by atoms with Crippen LogP contribution in [0.2, 0.25) is 0 Å². The first-order valence-electron chi connectivity index (χ1n) is 4.60. The molecule has 0 aliphatic carbocycles. The van der Waals surface area contributed by atoms with Crippen LogP contribution >= 0.6 is 11.3 Å². The highest BCUT2D eigenvalue weighted by molar-refractivity contribution is 7.07. The van der Waals surface area contributed by atoms with Crippen LogP contribution in [0.3, 0.4) is 0 Å². The molecule has 3 heteroatoms. The summed E-state index contributed by atoms with van der Waals surface area (Å²) in [6.45, 7) is 2.91. The molecule has 0 bridgehead atoms. The molecule has 0 aromatic carbocycles. The van der Waals surface area contributed by atoms with Crippen molar-refractivity contribution in [3.63, 3.8) is 0 Å². The van der Waals surface area contributed by atoms with Gasteiger partial charge in [0.15, 0.2) is 0 Å². The molecule has 0 fully saturated rings. The summed E-state index contributed by atoms with van der Waals surface area (Å²) in [4.78, 5) is 0. The van der Waals surface area contributed by atoms with Crippen LogP contribution in [0.4, 0.5) is 0 Å². The Morgan fingerprint density at radius 2 is 2.38 bits per heavy atom. The summed E-state index contributed by atoms with van der Waals surface area (Å²) in [6, 6.07) is 2.13. The third-order valence-corrected chi connectivity index (χ3v) is 3.21. The van der Waals surface area contributed by atoms with Gasteiger partial charge in [0.1, 0.15) is 0 Å². The first kappa shape index (κ1) is 10.7. The minimum Gasteiger partial charge on any atom is -0.396 e. The average molecular weight is 199 g/mol. The summed E-state index contributed by atoms with van der Waals surface area (Å²) >= 11 is 1.71. The van der Waals surface area contributed by atoms with Gasteiger partial charge in [-0.15, -0.1) is 0 Å². The quantitative estimate of drug-likeness (QED) is 0.755. The van der Waals surface area contributed by atoms with Crippen LogP contribution in [0.1, 0.15) is 12.5 Å². The minimum atomic E-state index is 0.196. The van der Waals surface area contributed by atoms with Crippen molar-refractivity contribution in [1.29, 1.82) is 0 Å². The molecule has 0 spiro atoms. The fraction of sp³-hybridized carbons (Fsp3) is 0.600. The molecular weight excluding hydrogens is 182 g/mol. The number of aliphatic hydroxyl groups is 1. The second-order valence-electron chi connectivity index (χ2n) is 3.49. The third-order valence-electron chi connectivity index (χ3n) is 2.48. The van der Waals surface area contributed by atoms with E-state index in [0.29, 0.717) is 12.5 Å². The lowest BCUT2D eigenvalue weighted by molar-refractivity contribution is 0.187. The molecule has 1 rings (SSSR count). The first-order chi connectivity index (χ1) is 6.27. The van der Waals surface area contributed by atoms with Gasteiger partial charge in [0.25, 0.3) is 0 Å². The van der Waals surface area contributed by atoms with Gasteiger partial charge in [-0.25, -0.2) is 0 Å². The summed E-state index contributed by atoms with van der Waals surface area (Å²) < 4.78 is 0. The molecule has 1 aromatic heterocycles. The van der Waals surface area contributed by atoms with Crippen LogP contribution in [0, 0.1) is 11.8 Å². The maximum Gasteiger partial charge on any atom is 0.0474 e. The fourth-order valence-corrected chi connectivity index (χ4v) is 2.12. The molecule has 1 aromatic rings. The number of hydrogen-bond donors (Lipinski definition) is 2. The van der Waals surface area contributed by atoms with Crippen LogP contribution < -0.4 is 5.73 Å². The van der Waals surface area contributed by atoms with Gasteiger partial charge in [-0.1, -0.05) is 6.92 Å². The summed E-state index contributed by atoms with van der Waals surface area (Å²) in [7, 11) is 0. The third kappa shape index (κ3) is 3.10. The molecule has 1 heterocycles. The Labute approximate surface area is 83.4 Å². The maximum absolute atomic E-state index is 9.05. The van der Waals surface area contributed by atoms with Gasteiger partial charge < -0.3 is 10.8 Å². The van der Waals surface area contributed by atoms with Gasteiger partial charge in [0.2, 0.25) is 0 Å². The molecule has 2 atom stereocenters. The summed E-state index contributed by atoms with van der Waals surface area (Å²) in [6.07, 6.45) is 1.02. The zero-order chi connectivity index (χ0) is 9.68. The van der Waals surface area contributed by atoms with Crippen LogP contribution in [-0.4, -0.2) is 18.3 Å². The number of hydrogen-bond acceptors (Lipinski definition) is 3. The van der Waals surface area contributed by atoms with E-state index in [2.05, 4.69) is 23.8 Å². The zero-order valence-electron chi connectivity index (χ0n) is 7.94. The van der Waals surface area contributed by atoms with Crippen LogP contribution in [-0.2, 0) is 6.42 Å². The topological polar surface area (TPSA) is 46.2 Å². The summed E-state index contributed by atoms with van der Waals surface area (Å²) in [5, 5.41) is 13.3. The van der Waals surface area contributed by atoms with E-state index in [1.54, 1.807) is 11.3 Å². The minimum absolute atomic E-state index is 0.196. The number of rotatable bonds is 5. The van der Waals surface area contributed by atoms with Gasteiger partial charge in [0.05, 0.1) is 0 Å². The van der Waals surface area contributed by atoms with Crippen LogP contribution in [0.15, 0.2) is 16.8 Å². The van der Waals surface area contributed by atoms with E-state index in [-0.39, 0.29) is 12.5 Å². The van der Waals surface area contributed by atoms with E-state index >= 15 is 0 Å². The number of aliphatic hydroxyl groups excluding tert-OH is 1. The molecule has 74 valence electrons. The Kier molecular flexibility index (Phi) is 4.42. The Morgan fingerprint density at radius 1 is 1.62 bits per heavy atom. The van der Waals surface area contributed by atoms with Crippen molar-refractivity contribution in [2.45, 2.75) is 13.3 Å². The Bertz CT molecular complexity index is 219. The van der Waals surface area contributed by atoms with Crippen molar-refractivity contribution in [2.75, 3.05) is 13.2 Å². The lowest BCUT2D eigenvalue weighted by atomic mass is 9.90. The van der Waals surface area contributed by atoms with Crippen molar-refractivity contribution in [3.8, 4) is 0 Å². The lowest BCUT2D eigenvalue weighted by Gasteiger charge is -2.19. The van der Waals surface area contributed by atoms with Gasteiger partial charge in [-0.3, -0.25) is 0 Å². The van der Waals surface area contributed by atoms with Crippen molar-refractivity contribution < 1.29 is 5.11 Å². The molecule has 13 heavy (non-hydrogen) atoms. The van der Waals surface area contributed by atoms with E-state index < -0.39 is 0 Å². The molecule has 2 unspecified atom stereocenters. The van der Waals surface area contributed by atoms with Gasteiger partial charge in [-0.2, -0.15) is 11.3 Å². The molecule has 2 nitrogen and oxygen atoms in total. The predicted octanol–water partition coefficient (Wildman–Crippen LogP) is 1.49. The second-order valence-corrected chi connectivity index (χ2v) is 4.27. The SMILES string of the molecule is CC(Cc1ccsc1)C(CN)CO. The second kappa shape index (κ2) is 5.37. The Hall–Kier alpha value is -0.380. The first-order valence-corrected chi connectivity index (χ1v) is 5.54. The Balaban J connectivity index is 2.44. The predicted molar refractivity (Wildman–Crippen MR) is 56.8 cm³/mol. The standard InChI is InChI=1S/C10H17NOS/c1-8(10(5-11)6-12)4-9-2-3-13-7-9/h2-3,7-8,10,12H,4-6,11H2,1H3. The number of thiophene rings is 1. The average Bonchev–Trinajstić information content (AvgIpc) is 2.59. The highest BCUT2D eigenvalue weighted by Gasteiger charge is 2.14. The van der Waals surface area contributed by atoms with Gasteiger partial charge in [-0.05, 0) is 47.2 Å². The van der Waals surface area contributed by atoms with E-state index in [1.807, 2.05) is 0 Å². The maximum atomic E-state index is 9.05. The summed E-state index contributed by atoms with van der Waals surface area (Å²) in [5.74, 6) is 0.699. The highest BCUT2D eigenvalue weighted by atomic mass is 32.1. The van der Waals surface area contributed by atoms with E-state index in [1.165, 1.54) is 5.56 Å². The zero-order valence-corrected chi connectivity index (χ0v) is 8.76. The smallest absolute Gasteiger partial charge is 0.0474 e. The highest BCUT2D eigenvalue weighted by Crippen LogP contribution is 2.17. The van der Waals surface area contributed by atoms with Gasteiger partial charge in [0, 0.05) is 6.61 Å². The van der Waals surface area contributed by atoms with Crippen molar-refractivity contribution >= 4 is 11.3 Å². The van der Waals surface area contributed by atoms with E-state index in [4.69, 9.17) is 10.8 Å². The molecule has 3 N–H and O–H groups in total. The fourth-order valence-electron chi connectivity index (χ4n) is 1.43. The Morgan fingerprint density at radius 3 is 2.85 bits per heavy atom. The monoisotopic (exact) mass is 199 g/mol. The van der Waals surface area contributed by atoms with Crippen LogP contribution in [0.5, 0.6) is 0 Å². The molecule has 0 aliphatic heterocycles. The molecule has 0 aliphatic rings. The molecule has 0 saturated carbocycles. The van der Waals surface area contributed by atoms with Crippen LogP contribution in [0.25, 0.3) is 0 Å². The van der Waals surface area contributed by atoms with E-state index in [9.17, 15) is 0 Å². The molecule has 0 radical (unpaired) electrons. The lowest BCUT2D eigenvalue weighted by Crippen LogP contribution is -2.26. The normalized spacial score (nSPS) is 15.6. The summed E-state index contributed by atoms with van der Waals surface area (Å²) in [5.41, 5.74) is 6.91. The van der Waals surface area contributed by atoms with Crippen molar-refractivity contribution in [3.05, 3.63) is 22.4 Å². The van der Waals surface area contributed by atoms with Crippen molar-refractivity contribution in [2.24, 2.45) is 17.6 Å². The van der Waals surface area contributed by atoms with Crippen molar-refractivity contribution in [1.82, 2.24) is 0 Å². The largest absolute Gasteiger partial charge is 0.396 e. The van der Waals surface area contributed by atoms with E-state index in [0.717, 1.165) is 6.42 Å². The molecular formula is C10H17NOS. The molecule has 0 amide bonds.